The molecule has 1 amide bonds. The maximum Gasteiger partial charge on any atom is 0.248 e. The fraction of sp³-hybridized carbons (Fsp3) is 0.462. The van der Waals surface area contributed by atoms with Crippen LogP contribution < -0.4 is 11.1 Å². The van der Waals surface area contributed by atoms with Crippen LogP contribution in [0.3, 0.4) is 0 Å². The van der Waals surface area contributed by atoms with Crippen LogP contribution in [0, 0.1) is 5.82 Å². The average molecular weight is 251 g/mol. The predicted octanol–water partition coefficient (Wildman–Crippen LogP) is 0.718. The van der Waals surface area contributed by atoms with Crippen LogP contribution in [0.25, 0.3) is 0 Å². The first kappa shape index (κ1) is 13.0. The lowest BCUT2D eigenvalue weighted by atomic mass is 10.1. The lowest BCUT2D eigenvalue weighted by Crippen LogP contribution is -2.48. The van der Waals surface area contributed by atoms with Gasteiger partial charge in [0.1, 0.15) is 5.82 Å². The molecule has 1 aromatic rings. The normalized spacial score (nSPS) is 20.9. The molecule has 18 heavy (non-hydrogen) atoms. The molecule has 1 heterocycles. The quantitative estimate of drug-likeness (QED) is 0.832. The van der Waals surface area contributed by atoms with Crippen LogP contribution in [0.2, 0.25) is 0 Å². The van der Waals surface area contributed by atoms with Crippen molar-refractivity contribution in [3.63, 3.8) is 0 Å². The Morgan fingerprint density at radius 2 is 2.39 bits per heavy atom. The Kier molecular flexibility index (Phi) is 3.93. The van der Waals surface area contributed by atoms with E-state index in [1.54, 1.807) is 6.07 Å². The molecular weight excluding hydrogens is 233 g/mol. The van der Waals surface area contributed by atoms with Crippen LogP contribution in [0.5, 0.6) is 0 Å². The highest BCUT2D eigenvalue weighted by Crippen LogP contribution is 2.14. The van der Waals surface area contributed by atoms with E-state index < -0.39 is 5.91 Å². The molecule has 5 heteroatoms. The Balaban J connectivity index is 2.12. The number of nitrogens with two attached hydrogens (primary N) is 1. The van der Waals surface area contributed by atoms with Gasteiger partial charge in [-0.1, -0.05) is 0 Å². The highest BCUT2D eigenvalue weighted by Gasteiger charge is 2.17. The fourth-order valence-electron chi connectivity index (χ4n) is 2.25. The van der Waals surface area contributed by atoms with Crippen LogP contribution in [0.4, 0.5) is 4.39 Å². The van der Waals surface area contributed by atoms with Gasteiger partial charge in [0.15, 0.2) is 0 Å². The Hall–Kier alpha value is -1.46. The summed E-state index contributed by atoms with van der Waals surface area (Å²) in [5, 5.41) is 3.33. The second kappa shape index (κ2) is 5.46. The van der Waals surface area contributed by atoms with Crippen molar-refractivity contribution in [2.24, 2.45) is 5.73 Å². The van der Waals surface area contributed by atoms with E-state index in [0.717, 1.165) is 19.6 Å². The Bertz CT molecular complexity index is 450. The zero-order chi connectivity index (χ0) is 13.1. The van der Waals surface area contributed by atoms with Gasteiger partial charge < -0.3 is 11.1 Å². The highest BCUT2D eigenvalue weighted by molar-refractivity contribution is 5.92. The summed E-state index contributed by atoms with van der Waals surface area (Å²) in [6, 6.07) is 4.67. The first-order chi connectivity index (χ1) is 8.56. The van der Waals surface area contributed by atoms with Gasteiger partial charge in [0.05, 0.1) is 0 Å². The van der Waals surface area contributed by atoms with Gasteiger partial charge in [-0.2, -0.15) is 0 Å². The molecule has 4 nitrogen and oxygen atoms in total. The molecule has 1 aliphatic rings. The minimum Gasteiger partial charge on any atom is -0.366 e. The van der Waals surface area contributed by atoms with E-state index in [-0.39, 0.29) is 5.82 Å². The second-order valence-electron chi connectivity index (χ2n) is 4.76. The average Bonchev–Trinajstić information content (AvgIpc) is 2.31. The number of hydrogen-bond acceptors (Lipinski definition) is 3. The Morgan fingerprint density at radius 3 is 3.06 bits per heavy atom. The van der Waals surface area contributed by atoms with Gasteiger partial charge in [-0.25, -0.2) is 4.39 Å². The molecule has 0 bridgehead atoms. The lowest BCUT2D eigenvalue weighted by molar-refractivity contribution is 0.1000. The number of nitrogens with zero attached hydrogens (tertiary/aromatic N) is 1. The summed E-state index contributed by atoms with van der Waals surface area (Å²) in [5.41, 5.74) is 6.09. The molecule has 1 fully saturated rings. The van der Waals surface area contributed by atoms with E-state index in [1.165, 1.54) is 12.1 Å². The molecule has 98 valence electrons. The van der Waals surface area contributed by atoms with Gasteiger partial charge in [0, 0.05) is 43.3 Å². The van der Waals surface area contributed by atoms with Crippen LogP contribution in [-0.2, 0) is 6.54 Å². The summed E-state index contributed by atoms with van der Waals surface area (Å²) in [6.07, 6.45) is 0. The molecule has 0 aliphatic carbocycles. The first-order valence-electron chi connectivity index (χ1n) is 6.10. The van der Waals surface area contributed by atoms with Crippen molar-refractivity contribution in [2.75, 3.05) is 19.6 Å². The SMILES string of the molecule is C[C@@H]1CN(Cc2cc(C(N)=O)ccc2F)CCN1. The van der Waals surface area contributed by atoms with Crippen molar-refractivity contribution in [3.8, 4) is 0 Å². The van der Waals surface area contributed by atoms with Crippen molar-refractivity contribution < 1.29 is 9.18 Å². The number of piperazine rings is 1. The van der Waals surface area contributed by atoms with Gasteiger partial charge in [-0.05, 0) is 25.1 Å². The number of benzene rings is 1. The molecular formula is C13H18FN3O. The molecule has 1 aromatic carbocycles. The molecule has 1 saturated heterocycles. The minimum atomic E-state index is -0.523. The monoisotopic (exact) mass is 251 g/mol. The minimum absolute atomic E-state index is 0.286. The highest BCUT2D eigenvalue weighted by atomic mass is 19.1. The number of rotatable bonds is 3. The van der Waals surface area contributed by atoms with Crippen molar-refractivity contribution in [2.45, 2.75) is 19.5 Å². The zero-order valence-electron chi connectivity index (χ0n) is 10.4. The summed E-state index contributed by atoms with van der Waals surface area (Å²) < 4.78 is 13.7. The molecule has 0 spiro atoms. The molecule has 0 aromatic heterocycles. The van der Waals surface area contributed by atoms with Crippen LogP contribution in [-0.4, -0.2) is 36.5 Å². The second-order valence-corrected chi connectivity index (χ2v) is 4.76. The third-order valence-corrected chi connectivity index (χ3v) is 3.18. The maximum atomic E-state index is 13.7. The number of primary amides is 1. The Morgan fingerprint density at radius 1 is 1.61 bits per heavy atom. The standard InChI is InChI=1S/C13H18FN3O/c1-9-7-17(5-4-16-9)8-11-6-10(13(15)18)2-3-12(11)14/h2-3,6,9,16H,4-5,7-8H2,1H3,(H2,15,18)/t9-/m1/s1. The van der Waals surface area contributed by atoms with E-state index in [1.807, 2.05) is 0 Å². The van der Waals surface area contributed by atoms with E-state index in [0.29, 0.717) is 23.7 Å². The molecule has 3 N–H and O–H groups in total. The molecule has 0 saturated carbocycles. The van der Waals surface area contributed by atoms with E-state index in [2.05, 4.69) is 17.1 Å². The summed E-state index contributed by atoms with van der Waals surface area (Å²) in [4.78, 5) is 13.3. The zero-order valence-corrected chi connectivity index (χ0v) is 10.4. The van der Waals surface area contributed by atoms with Gasteiger partial charge in [0.25, 0.3) is 0 Å². The molecule has 2 rings (SSSR count). The molecule has 1 atom stereocenters. The molecule has 0 radical (unpaired) electrons. The third-order valence-electron chi connectivity index (χ3n) is 3.18. The largest absolute Gasteiger partial charge is 0.366 e. The lowest BCUT2D eigenvalue weighted by Gasteiger charge is -2.31. The molecule has 0 unspecified atom stereocenters. The fourth-order valence-corrected chi connectivity index (χ4v) is 2.25. The smallest absolute Gasteiger partial charge is 0.248 e. The topological polar surface area (TPSA) is 58.4 Å². The summed E-state index contributed by atoms with van der Waals surface area (Å²) in [7, 11) is 0. The number of hydrogen-bond donors (Lipinski definition) is 2. The third kappa shape index (κ3) is 3.05. The van der Waals surface area contributed by atoms with E-state index >= 15 is 0 Å². The van der Waals surface area contributed by atoms with Crippen LogP contribution >= 0.6 is 0 Å². The number of carbonyl (C=O) groups is 1. The Labute approximate surface area is 106 Å². The van der Waals surface area contributed by atoms with Crippen LogP contribution in [0.1, 0.15) is 22.8 Å². The van der Waals surface area contributed by atoms with Crippen molar-refractivity contribution >= 4 is 5.91 Å². The van der Waals surface area contributed by atoms with Gasteiger partial charge in [-0.15, -0.1) is 0 Å². The van der Waals surface area contributed by atoms with Gasteiger partial charge in [-0.3, -0.25) is 9.69 Å². The van der Waals surface area contributed by atoms with Gasteiger partial charge in [0.2, 0.25) is 5.91 Å². The van der Waals surface area contributed by atoms with Crippen molar-refractivity contribution in [3.05, 3.63) is 35.1 Å². The number of halogens is 1. The first-order valence-corrected chi connectivity index (χ1v) is 6.10. The maximum absolute atomic E-state index is 13.7. The number of carbonyl (C=O) groups excluding carboxylic acids is 1. The van der Waals surface area contributed by atoms with E-state index in [9.17, 15) is 9.18 Å². The summed E-state index contributed by atoms with van der Waals surface area (Å²) in [6.45, 7) is 5.27. The van der Waals surface area contributed by atoms with E-state index in [4.69, 9.17) is 5.73 Å². The molecule has 1 aliphatic heterocycles. The van der Waals surface area contributed by atoms with Crippen molar-refractivity contribution in [1.82, 2.24) is 10.2 Å². The number of nitrogens with one attached hydrogen (secondary N) is 1. The summed E-state index contributed by atoms with van der Waals surface area (Å²) in [5.74, 6) is -0.809. The number of amides is 1. The van der Waals surface area contributed by atoms with Crippen LogP contribution in [0.15, 0.2) is 18.2 Å². The van der Waals surface area contributed by atoms with Gasteiger partial charge >= 0.3 is 0 Å². The van der Waals surface area contributed by atoms with Crippen molar-refractivity contribution in [1.29, 1.82) is 0 Å². The summed E-state index contributed by atoms with van der Waals surface area (Å²) >= 11 is 0. The predicted molar refractivity (Wildman–Crippen MR) is 67.7 cm³/mol.